The smallest absolute Gasteiger partial charge is 0.0178 e. The van der Waals surface area contributed by atoms with Gasteiger partial charge in [0.05, 0.1) is 0 Å². The first-order valence-corrected chi connectivity index (χ1v) is 9.09. The van der Waals surface area contributed by atoms with Crippen molar-refractivity contribution >= 4 is 0 Å². The standard InChI is InChI=1S/C20H42N2/c1-15-13-16(2)22(18(6,7)8)20(11,12)14-19(9,10)21(15)17(3,4)5/h15-16H,13-14H2,1-12H3. The van der Waals surface area contributed by atoms with Crippen LogP contribution in [-0.4, -0.2) is 44.0 Å². The lowest BCUT2D eigenvalue weighted by atomic mass is 9.76. The molecule has 0 aromatic heterocycles. The Labute approximate surface area is 140 Å². The summed E-state index contributed by atoms with van der Waals surface area (Å²) in [6.45, 7) is 28.8. The Hall–Kier alpha value is -0.0800. The summed E-state index contributed by atoms with van der Waals surface area (Å²) in [7, 11) is 0. The Balaban J connectivity index is 3.35. The van der Waals surface area contributed by atoms with E-state index in [0.717, 1.165) is 0 Å². The highest BCUT2D eigenvalue weighted by atomic mass is 15.3. The van der Waals surface area contributed by atoms with E-state index in [9.17, 15) is 0 Å². The van der Waals surface area contributed by atoms with Crippen LogP contribution >= 0.6 is 0 Å². The Bertz CT molecular complexity index is 345. The predicted octanol–water partition coefficient (Wildman–Crippen LogP) is 5.32. The quantitative estimate of drug-likeness (QED) is 0.598. The van der Waals surface area contributed by atoms with Gasteiger partial charge in [0, 0.05) is 34.2 Å². The van der Waals surface area contributed by atoms with E-state index in [1.165, 1.54) is 12.8 Å². The molecule has 1 aliphatic rings. The molecule has 1 heterocycles. The summed E-state index contributed by atoms with van der Waals surface area (Å²) >= 11 is 0. The molecule has 1 fully saturated rings. The van der Waals surface area contributed by atoms with Crippen molar-refractivity contribution in [3.05, 3.63) is 0 Å². The Morgan fingerprint density at radius 2 is 0.955 bits per heavy atom. The summed E-state index contributed by atoms with van der Waals surface area (Å²) < 4.78 is 0. The molecule has 0 bridgehead atoms. The first-order valence-electron chi connectivity index (χ1n) is 9.09. The van der Waals surface area contributed by atoms with Crippen LogP contribution in [0.5, 0.6) is 0 Å². The van der Waals surface area contributed by atoms with E-state index < -0.39 is 0 Å². The lowest BCUT2D eigenvalue weighted by molar-refractivity contribution is -0.106. The average Bonchev–Trinajstić information content (AvgIpc) is 2.04. The first-order chi connectivity index (χ1) is 9.50. The fraction of sp³-hybridized carbons (Fsp3) is 1.00. The molecular formula is C20H42N2. The van der Waals surface area contributed by atoms with E-state index in [1.54, 1.807) is 0 Å². The summed E-state index contributed by atoms with van der Waals surface area (Å²) in [5.74, 6) is 0. The van der Waals surface area contributed by atoms with Crippen LogP contribution < -0.4 is 0 Å². The van der Waals surface area contributed by atoms with Gasteiger partial charge in [-0.15, -0.1) is 0 Å². The highest BCUT2D eigenvalue weighted by molar-refractivity contribution is 5.04. The second-order valence-corrected chi connectivity index (χ2v) is 10.8. The number of hydrogen-bond donors (Lipinski definition) is 0. The molecule has 22 heavy (non-hydrogen) atoms. The van der Waals surface area contributed by atoms with Crippen LogP contribution in [0.1, 0.15) is 95.9 Å². The van der Waals surface area contributed by atoms with E-state index in [2.05, 4.69) is 92.9 Å². The van der Waals surface area contributed by atoms with Gasteiger partial charge >= 0.3 is 0 Å². The van der Waals surface area contributed by atoms with Crippen molar-refractivity contribution in [2.75, 3.05) is 0 Å². The van der Waals surface area contributed by atoms with Crippen molar-refractivity contribution in [1.29, 1.82) is 0 Å². The third kappa shape index (κ3) is 4.06. The molecule has 0 spiro atoms. The van der Waals surface area contributed by atoms with Crippen LogP contribution in [0.15, 0.2) is 0 Å². The van der Waals surface area contributed by atoms with Gasteiger partial charge in [0.15, 0.2) is 0 Å². The lowest BCUT2D eigenvalue weighted by Crippen LogP contribution is -2.68. The van der Waals surface area contributed by atoms with Gasteiger partial charge in [0.1, 0.15) is 0 Å². The molecule has 2 atom stereocenters. The normalized spacial score (nSPS) is 31.6. The molecule has 2 unspecified atom stereocenters. The maximum Gasteiger partial charge on any atom is 0.0178 e. The van der Waals surface area contributed by atoms with Crippen molar-refractivity contribution in [3.8, 4) is 0 Å². The molecule has 0 aromatic rings. The Morgan fingerprint density at radius 3 is 1.18 bits per heavy atom. The van der Waals surface area contributed by atoms with Crippen molar-refractivity contribution in [2.45, 2.75) is 130 Å². The molecule has 132 valence electrons. The Morgan fingerprint density at radius 1 is 0.682 bits per heavy atom. The molecule has 0 N–H and O–H groups in total. The lowest BCUT2D eigenvalue weighted by Gasteiger charge is -2.60. The van der Waals surface area contributed by atoms with E-state index in [0.29, 0.717) is 12.1 Å². The second kappa shape index (κ2) is 5.77. The van der Waals surface area contributed by atoms with Crippen LogP contribution in [0, 0.1) is 0 Å². The minimum absolute atomic E-state index is 0.185. The summed E-state index contributed by atoms with van der Waals surface area (Å²) in [5, 5.41) is 0. The molecule has 0 aliphatic carbocycles. The molecule has 2 heteroatoms. The summed E-state index contributed by atoms with van der Waals surface area (Å²) in [4.78, 5) is 5.52. The molecular weight excluding hydrogens is 268 g/mol. The fourth-order valence-corrected chi connectivity index (χ4v) is 6.27. The van der Waals surface area contributed by atoms with Gasteiger partial charge in [-0.2, -0.15) is 0 Å². The van der Waals surface area contributed by atoms with Crippen molar-refractivity contribution in [3.63, 3.8) is 0 Å². The molecule has 2 nitrogen and oxygen atoms in total. The third-order valence-corrected chi connectivity index (χ3v) is 5.18. The number of nitrogens with zero attached hydrogens (tertiary/aromatic N) is 2. The van der Waals surface area contributed by atoms with Gasteiger partial charge in [0.2, 0.25) is 0 Å². The highest BCUT2D eigenvalue weighted by Crippen LogP contribution is 2.42. The number of rotatable bonds is 0. The average molecular weight is 311 g/mol. The summed E-state index contributed by atoms with van der Waals surface area (Å²) in [6, 6.07) is 1.18. The van der Waals surface area contributed by atoms with E-state index in [4.69, 9.17) is 0 Å². The van der Waals surface area contributed by atoms with Crippen LogP contribution in [0.2, 0.25) is 0 Å². The van der Waals surface area contributed by atoms with Crippen LogP contribution in [0.3, 0.4) is 0 Å². The minimum atomic E-state index is 0.185. The molecule has 0 saturated carbocycles. The van der Waals surface area contributed by atoms with Gasteiger partial charge in [0.25, 0.3) is 0 Å². The predicted molar refractivity (Wildman–Crippen MR) is 99.5 cm³/mol. The monoisotopic (exact) mass is 310 g/mol. The van der Waals surface area contributed by atoms with E-state index in [-0.39, 0.29) is 22.2 Å². The van der Waals surface area contributed by atoms with Crippen LogP contribution in [-0.2, 0) is 0 Å². The van der Waals surface area contributed by atoms with Gasteiger partial charge in [-0.3, -0.25) is 9.80 Å². The topological polar surface area (TPSA) is 6.48 Å². The minimum Gasteiger partial charge on any atom is -0.291 e. The van der Waals surface area contributed by atoms with Crippen molar-refractivity contribution in [2.24, 2.45) is 0 Å². The van der Waals surface area contributed by atoms with Crippen LogP contribution in [0.25, 0.3) is 0 Å². The number of hydrogen-bond acceptors (Lipinski definition) is 2. The van der Waals surface area contributed by atoms with E-state index >= 15 is 0 Å². The zero-order valence-electron chi connectivity index (χ0n) is 17.5. The van der Waals surface area contributed by atoms with Crippen molar-refractivity contribution < 1.29 is 0 Å². The van der Waals surface area contributed by atoms with Gasteiger partial charge in [-0.25, -0.2) is 0 Å². The Kier molecular flexibility index (Phi) is 5.24. The summed E-state index contributed by atoms with van der Waals surface area (Å²) in [5.41, 5.74) is 0.765. The first kappa shape index (κ1) is 20.0. The fourth-order valence-electron chi connectivity index (χ4n) is 6.27. The van der Waals surface area contributed by atoms with Gasteiger partial charge in [-0.1, -0.05) is 0 Å². The maximum atomic E-state index is 2.76. The zero-order valence-corrected chi connectivity index (χ0v) is 17.5. The van der Waals surface area contributed by atoms with Gasteiger partial charge < -0.3 is 0 Å². The molecule has 1 saturated heterocycles. The molecule has 0 radical (unpaired) electrons. The second-order valence-electron chi connectivity index (χ2n) is 10.8. The van der Waals surface area contributed by atoms with Crippen molar-refractivity contribution in [1.82, 2.24) is 9.80 Å². The molecule has 0 aromatic carbocycles. The summed E-state index contributed by atoms with van der Waals surface area (Å²) in [6.07, 6.45) is 2.41. The molecule has 1 rings (SSSR count). The SMILES string of the molecule is CC1CC(C)N(C(C)(C)C)C(C)(C)CC(C)(C)N1C(C)(C)C. The zero-order chi connectivity index (χ0) is 17.7. The van der Waals surface area contributed by atoms with Crippen LogP contribution in [0.4, 0.5) is 0 Å². The largest absolute Gasteiger partial charge is 0.291 e. The molecule has 0 amide bonds. The molecule has 1 aliphatic heterocycles. The van der Waals surface area contributed by atoms with E-state index in [1.807, 2.05) is 0 Å². The van der Waals surface area contributed by atoms with Gasteiger partial charge in [-0.05, 0) is 95.9 Å². The third-order valence-electron chi connectivity index (χ3n) is 5.18. The highest BCUT2D eigenvalue weighted by Gasteiger charge is 2.48. The maximum absolute atomic E-state index is 2.76.